The molecule has 0 atom stereocenters. The van der Waals surface area contributed by atoms with Gasteiger partial charge in [-0.3, -0.25) is 4.79 Å². The molecule has 6 heteroatoms. The van der Waals surface area contributed by atoms with E-state index in [0.29, 0.717) is 6.42 Å². The maximum atomic E-state index is 12.4. The Morgan fingerprint density at radius 3 is 2.32 bits per heavy atom. The van der Waals surface area contributed by atoms with Gasteiger partial charge in [-0.2, -0.15) is 13.2 Å². The first-order valence-corrected chi connectivity index (χ1v) is 6.92. The number of alkyl halides is 3. The molecular weight excluding hydrogens is 257 g/mol. The van der Waals surface area contributed by atoms with Gasteiger partial charge in [0, 0.05) is 19.0 Å². The van der Waals surface area contributed by atoms with Crippen LogP contribution in [0.3, 0.4) is 0 Å². The van der Waals surface area contributed by atoms with E-state index in [1.54, 1.807) is 6.92 Å². The van der Waals surface area contributed by atoms with Crippen molar-refractivity contribution in [1.82, 2.24) is 4.90 Å². The van der Waals surface area contributed by atoms with E-state index in [1.165, 1.54) is 0 Å². The molecule has 0 aliphatic heterocycles. The van der Waals surface area contributed by atoms with Crippen LogP contribution in [-0.2, 0) is 4.79 Å². The maximum absolute atomic E-state index is 12.4. The van der Waals surface area contributed by atoms with E-state index in [0.717, 1.165) is 30.6 Å². The van der Waals surface area contributed by atoms with Crippen LogP contribution in [0.2, 0.25) is 0 Å². The van der Waals surface area contributed by atoms with Gasteiger partial charge in [0.2, 0.25) is 5.91 Å². The van der Waals surface area contributed by atoms with E-state index in [4.69, 9.17) is 5.73 Å². The number of nitrogens with zero attached hydrogens (tertiary/aromatic N) is 1. The molecule has 0 heterocycles. The van der Waals surface area contributed by atoms with Crippen molar-refractivity contribution in [3.8, 4) is 0 Å². The molecule has 0 bridgehead atoms. The molecule has 1 fully saturated rings. The second kappa shape index (κ2) is 7.12. The number of amides is 1. The normalized spacial score (nSPS) is 24.3. The summed E-state index contributed by atoms with van der Waals surface area (Å²) < 4.78 is 37.2. The fraction of sp³-hybridized carbons (Fsp3) is 0.923. The fourth-order valence-electron chi connectivity index (χ4n) is 2.55. The fourth-order valence-corrected chi connectivity index (χ4v) is 2.55. The molecule has 0 saturated heterocycles. The standard InChI is InChI=1S/C13H23F3N2O/c1-2-7-18(9-13(14,15)16)12(19)8-10-3-5-11(17)6-4-10/h10-11H,2-9,17H2,1H3. The van der Waals surface area contributed by atoms with E-state index in [9.17, 15) is 18.0 Å². The lowest BCUT2D eigenvalue weighted by atomic mass is 9.84. The summed E-state index contributed by atoms with van der Waals surface area (Å²) in [5, 5.41) is 0. The van der Waals surface area contributed by atoms with E-state index >= 15 is 0 Å². The van der Waals surface area contributed by atoms with Gasteiger partial charge in [0.15, 0.2) is 0 Å². The Kier molecular flexibility index (Phi) is 6.10. The smallest absolute Gasteiger partial charge is 0.334 e. The Morgan fingerprint density at radius 1 is 1.26 bits per heavy atom. The highest BCUT2D eigenvalue weighted by atomic mass is 19.4. The number of halogens is 3. The Hall–Kier alpha value is -0.780. The van der Waals surface area contributed by atoms with E-state index < -0.39 is 12.7 Å². The highest BCUT2D eigenvalue weighted by molar-refractivity contribution is 5.76. The Balaban J connectivity index is 2.47. The molecule has 1 saturated carbocycles. The first kappa shape index (κ1) is 16.3. The molecule has 0 spiro atoms. The Labute approximate surface area is 112 Å². The van der Waals surface area contributed by atoms with Gasteiger partial charge in [-0.1, -0.05) is 6.92 Å². The zero-order chi connectivity index (χ0) is 14.5. The summed E-state index contributed by atoms with van der Waals surface area (Å²) in [5.74, 6) is -0.181. The van der Waals surface area contributed by atoms with Gasteiger partial charge in [-0.15, -0.1) is 0 Å². The van der Waals surface area contributed by atoms with Gasteiger partial charge in [0.05, 0.1) is 0 Å². The molecule has 1 amide bonds. The maximum Gasteiger partial charge on any atom is 0.406 e. The first-order chi connectivity index (χ1) is 8.81. The minimum absolute atomic E-state index is 0.171. The predicted molar refractivity (Wildman–Crippen MR) is 67.5 cm³/mol. The van der Waals surface area contributed by atoms with Crippen LogP contribution in [-0.4, -0.2) is 36.1 Å². The summed E-state index contributed by atoms with van der Waals surface area (Å²) in [6.45, 7) is 0.812. The topological polar surface area (TPSA) is 46.3 Å². The van der Waals surface area contributed by atoms with Crippen LogP contribution in [0, 0.1) is 5.92 Å². The van der Waals surface area contributed by atoms with Crippen molar-refractivity contribution in [3.63, 3.8) is 0 Å². The van der Waals surface area contributed by atoms with Gasteiger partial charge in [0.1, 0.15) is 6.54 Å². The molecule has 0 aromatic heterocycles. The average Bonchev–Trinajstić information content (AvgIpc) is 2.30. The predicted octanol–water partition coefficient (Wildman–Crippen LogP) is 2.69. The van der Waals surface area contributed by atoms with Crippen molar-refractivity contribution in [2.24, 2.45) is 11.7 Å². The molecule has 19 heavy (non-hydrogen) atoms. The van der Waals surface area contributed by atoms with E-state index in [1.807, 2.05) is 0 Å². The van der Waals surface area contributed by atoms with Crippen molar-refractivity contribution in [2.75, 3.05) is 13.1 Å². The first-order valence-electron chi connectivity index (χ1n) is 6.92. The van der Waals surface area contributed by atoms with E-state index in [-0.39, 0.29) is 30.8 Å². The van der Waals surface area contributed by atoms with Gasteiger partial charge < -0.3 is 10.6 Å². The number of carbonyl (C=O) groups is 1. The monoisotopic (exact) mass is 280 g/mol. The molecule has 2 N–H and O–H groups in total. The molecule has 112 valence electrons. The van der Waals surface area contributed by atoms with Crippen molar-refractivity contribution in [2.45, 2.75) is 57.7 Å². The van der Waals surface area contributed by atoms with Crippen LogP contribution in [0.4, 0.5) is 13.2 Å². The van der Waals surface area contributed by atoms with Gasteiger partial charge in [-0.25, -0.2) is 0 Å². The van der Waals surface area contributed by atoms with Gasteiger partial charge >= 0.3 is 6.18 Å². The van der Waals surface area contributed by atoms with Crippen LogP contribution in [0.15, 0.2) is 0 Å². The molecule has 3 nitrogen and oxygen atoms in total. The van der Waals surface area contributed by atoms with E-state index in [2.05, 4.69) is 0 Å². The molecule has 1 rings (SSSR count). The SMILES string of the molecule is CCCN(CC(F)(F)F)C(=O)CC1CCC(N)CC1. The highest BCUT2D eigenvalue weighted by Gasteiger charge is 2.33. The zero-order valence-electron chi connectivity index (χ0n) is 11.4. The van der Waals surface area contributed by atoms with Crippen LogP contribution >= 0.6 is 0 Å². The Bertz CT molecular complexity index is 286. The second-order valence-corrected chi connectivity index (χ2v) is 5.42. The molecular formula is C13H23F3N2O. The highest BCUT2D eigenvalue weighted by Crippen LogP contribution is 2.27. The number of carbonyl (C=O) groups excluding carboxylic acids is 1. The number of nitrogens with two attached hydrogens (primary N) is 1. The molecule has 0 radical (unpaired) electrons. The summed E-state index contributed by atoms with van der Waals surface area (Å²) in [6.07, 6.45) is -0.131. The lowest BCUT2D eigenvalue weighted by molar-refractivity contribution is -0.162. The van der Waals surface area contributed by atoms with Crippen molar-refractivity contribution < 1.29 is 18.0 Å². The molecule has 0 unspecified atom stereocenters. The number of hydrogen-bond acceptors (Lipinski definition) is 2. The van der Waals surface area contributed by atoms with Crippen LogP contribution in [0.5, 0.6) is 0 Å². The molecule has 1 aliphatic rings. The lowest BCUT2D eigenvalue weighted by Gasteiger charge is -2.29. The molecule has 0 aromatic carbocycles. The minimum atomic E-state index is -4.32. The third-order valence-electron chi connectivity index (χ3n) is 3.57. The summed E-state index contributed by atoms with van der Waals surface area (Å²) >= 11 is 0. The second-order valence-electron chi connectivity index (χ2n) is 5.42. The summed E-state index contributed by atoms with van der Waals surface area (Å²) in [4.78, 5) is 12.9. The van der Waals surface area contributed by atoms with Crippen molar-refractivity contribution in [3.05, 3.63) is 0 Å². The van der Waals surface area contributed by atoms with Crippen LogP contribution in [0.25, 0.3) is 0 Å². The van der Waals surface area contributed by atoms with Crippen LogP contribution < -0.4 is 5.73 Å². The van der Waals surface area contributed by atoms with Gasteiger partial charge in [-0.05, 0) is 38.0 Å². The minimum Gasteiger partial charge on any atom is -0.334 e. The lowest BCUT2D eigenvalue weighted by Crippen LogP contribution is -2.40. The molecule has 1 aliphatic carbocycles. The summed E-state index contributed by atoms with van der Waals surface area (Å²) in [6, 6.07) is 0.188. The third kappa shape index (κ3) is 6.27. The summed E-state index contributed by atoms with van der Waals surface area (Å²) in [7, 11) is 0. The largest absolute Gasteiger partial charge is 0.406 e. The van der Waals surface area contributed by atoms with Gasteiger partial charge in [0.25, 0.3) is 0 Å². The number of rotatable bonds is 5. The van der Waals surface area contributed by atoms with Crippen molar-refractivity contribution >= 4 is 5.91 Å². The van der Waals surface area contributed by atoms with Crippen molar-refractivity contribution in [1.29, 1.82) is 0 Å². The zero-order valence-corrected chi connectivity index (χ0v) is 11.4. The number of hydrogen-bond donors (Lipinski definition) is 1. The quantitative estimate of drug-likeness (QED) is 0.841. The Morgan fingerprint density at radius 2 is 1.84 bits per heavy atom. The molecule has 0 aromatic rings. The third-order valence-corrected chi connectivity index (χ3v) is 3.57. The summed E-state index contributed by atoms with van der Waals surface area (Å²) in [5.41, 5.74) is 5.77. The van der Waals surface area contributed by atoms with Crippen LogP contribution in [0.1, 0.15) is 45.4 Å². The average molecular weight is 280 g/mol.